The number of hydrogen-bond acceptors (Lipinski definition) is 6. The van der Waals surface area contributed by atoms with Gasteiger partial charge in [0.05, 0.1) is 18.8 Å². The van der Waals surface area contributed by atoms with E-state index < -0.39 is 17.6 Å². The molecule has 0 saturated carbocycles. The van der Waals surface area contributed by atoms with E-state index in [9.17, 15) is 9.70 Å². The molecule has 92 valence electrons. The zero-order chi connectivity index (χ0) is 12.6. The monoisotopic (exact) mass is 231 g/mol. The first-order valence-corrected chi connectivity index (χ1v) is 4.81. The maximum absolute atomic E-state index is 10.7. The Morgan fingerprint density at radius 1 is 1.56 bits per heavy atom. The minimum absolute atomic E-state index is 0.0124. The van der Waals surface area contributed by atoms with E-state index in [4.69, 9.17) is 9.84 Å². The molecule has 6 nitrogen and oxygen atoms in total. The highest BCUT2D eigenvalue weighted by Crippen LogP contribution is 2.09. The molecule has 16 heavy (non-hydrogen) atoms. The van der Waals surface area contributed by atoms with Crippen molar-refractivity contribution in [1.82, 2.24) is 0 Å². The third kappa shape index (κ3) is 6.26. The lowest BCUT2D eigenvalue weighted by Crippen LogP contribution is -2.33. The van der Waals surface area contributed by atoms with Gasteiger partial charge in [0.15, 0.2) is 0 Å². The van der Waals surface area contributed by atoms with Gasteiger partial charge in [-0.15, -0.1) is 0 Å². The number of esters is 1. The highest BCUT2D eigenvalue weighted by Gasteiger charge is 2.20. The van der Waals surface area contributed by atoms with Crippen molar-refractivity contribution in [2.75, 3.05) is 19.8 Å². The summed E-state index contributed by atoms with van der Waals surface area (Å²) in [6.45, 7) is 6.21. The molecule has 0 aliphatic heterocycles. The number of nitroso groups, excluding NO2 is 1. The lowest BCUT2D eigenvalue weighted by atomic mass is 10.1. The normalized spacial score (nSPS) is 12.9. The van der Waals surface area contributed by atoms with E-state index in [0.717, 1.165) is 6.08 Å². The summed E-state index contributed by atoms with van der Waals surface area (Å²) < 4.78 is 9.89. The molecule has 0 saturated heterocycles. The van der Waals surface area contributed by atoms with Crippen LogP contribution in [-0.4, -0.2) is 42.5 Å². The van der Waals surface area contributed by atoms with Crippen molar-refractivity contribution in [3.63, 3.8) is 0 Å². The van der Waals surface area contributed by atoms with Crippen molar-refractivity contribution in [3.8, 4) is 0 Å². The Balaban J connectivity index is 3.97. The summed E-state index contributed by atoms with van der Waals surface area (Å²) in [7, 11) is 0. The molecule has 6 heteroatoms. The molecule has 0 spiro atoms. The van der Waals surface area contributed by atoms with Crippen LogP contribution in [0, 0.1) is 4.91 Å². The maximum Gasteiger partial charge on any atom is 0.330 e. The van der Waals surface area contributed by atoms with Crippen LogP contribution < -0.4 is 0 Å². The van der Waals surface area contributed by atoms with Crippen LogP contribution >= 0.6 is 0 Å². The average Bonchev–Trinajstić information content (AvgIpc) is 2.28. The molecule has 0 aliphatic carbocycles. The first-order valence-electron chi connectivity index (χ1n) is 4.81. The molecule has 0 aromatic carbocycles. The molecule has 0 rings (SSSR count). The smallest absolute Gasteiger partial charge is 0.330 e. The fraction of sp³-hybridized carbons (Fsp3) is 0.700. The molecule has 0 heterocycles. The quantitative estimate of drug-likeness (QED) is 0.376. The van der Waals surface area contributed by atoms with Gasteiger partial charge >= 0.3 is 5.97 Å². The summed E-state index contributed by atoms with van der Waals surface area (Å²) in [4.78, 5) is 21.1. The molecular weight excluding hydrogens is 214 g/mol. The topological polar surface area (TPSA) is 85.2 Å². The lowest BCUT2D eigenvalue weighted by molar-refractivity contribution is -0.139. The number of nitrogens with zero attached hydrogens (tertiary/aromatic N) is 1. The fourth-order valence-electron chi connectivity index (χ4n) is 0.714. The van der Waals surface area contributed by atoms with E-state index in [1.807, 2.05) is 0 Å². The van der Waals surface area contributed by atoms with Gasteiger partial charge < -0.3 is 14.6 Å². The summed E-state index contributed by atoms with van der Waals surface area (Å²) >= 11 is 0. The van der Waals surface area contributed by atoms with E-state index >= 15 is 0 Å². The standard InChI is InChI=1S/C10H17NO5/c1-4-9(13)15-5-8(11-14)6-16-10(2,3)7-12/h4,8,12H,1,5-7H2,2-3H3. The Kier molecular flexibility index (Phi) is 6.52. The minimum atomic E-state index is -0.783. The second-order valence-corrected chi connectivity index (χ2v) is 3.82. The summed E-state index contributed by atoms with van der Waals surface area (Å²) in [6.07, 6.45) is 1.00. The second kappa shape index (κ2) is 7.08. The molecule has 0 amide bonds. The lowest BCUT2D eigenvalue weighted by Gasteiger charge is -2.23. The first-order chi connectivity index (χ1) is 7.45. The molecule has 0 aliphatic rings. The van der Waals surface area contributed by atoms with Crippen molar-refractivity contribution in [1.29, 1.82) is 0 Å². The third-order valence-electron chi connectivity index (χ3n) is 1.78. The maximum atomic E-state index is 10.7. The molecule has 1 N–H and O–H groups in total. The number of ether oxygens (including phenoxy) is 2. The number of aliphatic hydroxyl groups excluding tert-OH is 1. The number of carbonyl (C=O) groups excluding carboxylic acids is 1. The van der Waals surface area contributed by atoms with Gasteiger partial charge in [0, 0.05) is 6.08 Å². The van der Waals surface area contributed by atoms with Gasteiger partial charge in [-0.3, -0.25) is 0 Å². The predicted octanol–water partition coefficient (Wildman–Crippen LogP) is 0.638. The number of rotatable bonds is 8. The van der Waals surface area contributed by atoms with Crippen LogP contribution in [0.2, 0.25) is 0 Å². The van der Waals surface area contributed by atoms with E-state index in [1.165, 1.54) is 0 Å². The van der Waals surface area contributed by atoms with Crippen molar-refractivity contribution < 1.29 is 19.4 Å². The van der Waals surface area contributed by atoms with Gasteiger partial charge in [-0.2, -0.15) is 4.91 Å². The Morgan fingerprint density at radius 2 is 2.19 bits per heavy atom. The summed E-state index contributed by atoms with van der Waals surface area (Å²) in [6, 6.07) is -0.783. The van der Waals surface area contributed by atoms with Crippen LogP contribution in [0.25, 0.3) is 0 Å². The van der Waals surface area contributed by atoms with Crippen LogP contribution in [0.5, 0.6) is 0 Å². The Hall–Kier alpha value is -1.27. The molecule has 1 atom stereocenters. The van der Waals surface area contributed by atoms with Crippen molar-refractivity contribution in [2.24, 2.45) is 5.18 Å². The minimum Gasteiger partial charge on any atom is -0.460 e. The van der Waals surface area contributed by atoms with Crippen LogP contribution in [0.3, 0.4) is 0 Å². The highest BCUT2D eigenvalue weighted by molar-refractivity contribution is 5.81. The zero-order valence-electron chi connectivity index (χ0n) is 9.51. The van der Waals surface area contributed by atoms with Gasteiger partial charge in [0.25, 0.3) is 0 Å². The number of carbonyl (C=O) groups is 1. The molecule has 0 bridgehead atoms. The van der Waals surface area contributed by atoms with Gasteiger partial charge in [0.1, 0.15) is 12.6 Å². The average molecular weight is 231 g/mol. The molecular formula is C10H17NO5. The van der Waals surface area contributed by atoms with E-state index in [0.29, 0.717) is 0 Å². The zero-order valence-corrected chi connectivity index (χ0v) is 9.51. The SMILES string of the molecule is C=CC(=O)OCC(COC(C)(C)CO)N=O. The van der Waals surface area contributed by atoms with Gasteiger partial charge in [-0.1, -0.05) is 11.8 Å². The highest BCUT2D eigenvalue weighted by atomic mass is 16.5. The van der Waals surface area contributed by atoms with E-state index in [1.54, 1.807) is 13.8 Å². The molecule has 0 aromatic heterocycles. The third-order valence-corrected chi connectivity index (χ3v) is 1.78. The Labute approximate surface area is 94.2 Å². The molecule has 1 unspecified atom stereocenters. The number of aliphatic hydroxyl groups is 1. The van der Waals surface area contributed by atoms with Crippen molar-refractivity contribution in [2.45, 2.75) is 25.5 Å². The van der Waals surface area contributed by atoms with E-state index in [-0.39, 0.29) is 19.8 Å². The first kappa shape index (κ1) is 14.7. The molecule has 0 radical (unpaired) electrons. The number of hydrogen-bond donors (Lipinski definition) is 1. The van der Waals surface area contributed by atoms with Crippen molar-refractivity contribution >= 4 is 5.97 Å². The largest absolute Gasteiger partial charge is 0.460 e. The Bertz CT molecular complexity index is 252. The van der Waals surface area contributed by atoms with Gasteiger partial charge in [-0.25, -0.2) is 4.79 Å². The molecule has 0 fully saturated rings. The van der Waals surface area contributed by atoms with Crippen LogP contribution in [0.15, 0.2) is 17.8 Å². The van der Waals surface area contributed by atoms with E-state index in [2.05, 4.69) is 16.5 Å². The van der Waals surface area contributed by atoms with Crippen LogP contribution in [-0.2, 0) is 14.3 Å². The van der Waals surface area contributed by atoms with Gasteiger partial charge in [-0.05, 0) is 13.8 Å². The van der Waals surface area contributed by atoms with Crippen molar-refractivity contribution in [3.05, 3.63) is 17.6 Å². The summed E-state index contributed by atoms with van der Waals surface area (Å²) in [5.74, 6) is -0.616. The van der Waals surface area contributed by atoms with Gasteiger partial charge in [0.2, 0.25) is 0 Å². The van der Waals surface area contributed by atoms with Crippen LogP contribution in [0.4, 0.5) is 0 Å². The summed E-state index contributed by atoms with van der Waals surface area (Å²) in [5.41, 5.74) is -0.745. The summed E-state index contributed by atoms with van der Waals surface area (Å²) in [5, 5.41) is 11.7. The second-order valence-electron chi connectivity index (χ2n) is 3.82. The van der Waals surface area contributed by atoms with Crippen LogP contribution in [0.1, 0.15) is 13.8 Å². The fourth-order valence-corrected chi connectivity index (χ4v) is 0.714. The predicted molar refractivity (Wildman–Crippen MR) is 57.9 cm³/mol. The molecule has 0 aromatic rings. The Morgan fingerprint density at radius 3 is 2.62 bits per heavy atom.